The van der Waals surface area contributed by atoms with Gasteiger partial charge in [-0.15, -0.1) is 0 Å². The molecule has 9 heteroatoms. The summed E-state index contributed by atoms with van der Waals surface area (Å²) in [6.45, 7) is 5.07. The second kappa shape index (κ2) is 10.9. The quantitative estimate of drug-likeness (QED) is 0.250. The van der Waals surface area contributed by atoms with E-state index in [9.17, 15) is 19.5 Å². The van der Waals surface area contributed by atoms with Crippen LogP contribution in [0.5, 0.6) is 5.75 Å². The molecule has 166 valence electrons. The minimum atomic E-state index is -1.29. The number of carboxylic acids is 1. The molecular formula is C22H24BrNO7. The first-order chi connectivity index (χ1) is 14.5. The van der Waals surface area contributed by atoms with Crippen molar-refractivity contribution in [3.63, 3.8) is 0 Å². The lowest BCUT2D eigenvalue weighted by Gasteiger charge is -2.20. The Bertz CT molecular complexity index is 922. The number of hydrogen-bond donors (Lipinski definition) is 2. The maximum atomic E-state index is 12.0. The van der Waals surface area contributed by atoms with Crippen molar-refractivity contribution in [1.82, 2.24) is 5.32 Å². The van der Waals surface area contributed by atoms with Gasteiger partial charge in [0.2, 0.25) is 0 Å². The predicted octanol–water partition coefficient (Wildman–Crippen LogP) is 3.41. The highest BCUT2D eigenvalue weighted by Gasteiger charge is 2.28. The van der Waals surface area contributed by atoms with Gasteiger partial charge in [-0.05, 0) is 50.1 Å². The van der Waals surface area contributed by atoms with Gasteiger partial charge in [0.05, 0.1) is 0 Å². The van der Waals surface area contributed by atoms with Gasteiger partial charge in [-0.3, -0.25) is 4.79 Å². The van der Waals surface area contributed by atoms with Crippen LogP contribution in [0.1, 0.15) is 31.9 Å². The first-order valence-electron chi connectivity index (χ1n) is 9.43. The largest absolute Gasteiger partial charge is 0.480 e. The van der Waals surface area contributed by atoms with Crippen LogP contribution in [0.2, 0.25) is 0 Å². The standard InChI is InChI=1S/C22H24BrNO7/c1-22(2,3)30-21(28)19(25)24-18(20(26)27)12-14-8-10-16(11-9-14)31-29-13-15-6-4-5-7-17(15)23/h4-11,18H,12-13H2,1-3H3,(H,24,25)(H,26,27)/t18-/m0/s1. The molecule has 1 amide bonds. The molecule has 0 saturated carbocycles. The van der Waals surface area contributed by atoms with E-state index in [4.69, 9.17) is 14.5 Å². The van der Waals surface area contributed by atoms with Gasteiger partial charge in [-0.1, -0.05) is 46.3 Å². The SMILES string of the molecule is CC(C)(C)OC(=O)C(=O)N[C@@H](Cc1ccc(OOCc2ccccc2Br)cc1)C(=O)O. The number of hydrogen-bond acceptors (Lipinski definition) is 6. The molecule has 8 nitrogen and oxygen atoms in total. The van der Waals surface area contributed by atoms with Crippen LogP contribution in [-0.4, -0.2) is 34.6 Å². The molecule has 0 bridgehead atoms. The summed E-state index contributed by atoms with van der Waals surface area (Å²) in [5.74, 6) is -3.08. The molecule has 0 spiro atoms. The number of esters is 1. The van der Waals surface area contributed by atoms with E-state index < -0.39 is 29.5 Å². The normalized spacial score (nSPS) is 12.0. The lowest BCUT2D eigenvalue weighted by Crippen LogP contribution is -2.46. The van der Waals surface area contributed by atoms with Gasteiger partial charge >= 0.3 is 17.8 Å². The Balaban J connectivity index is 1.90. The zero-order valence-corrected chi connectivity index (χ0v) is 19.0. The number of carbonyl (C=O) groups excluding carboxylic acids is 2. The topological polar surface area (TPSA) is 111 Å². The van der Waals surface area contributed by atoms with Gasteiger partial charge in [-0.25, -0.2) is 9.59 Å². The molecule has 0 saturated heterocycles. The van der Waals surface area contributed by atoms with Crippen LogP contribution < -0.4 is 10.2 Å². The average molecular weight is 494 g/mol. The van der Waals surface area contributed by atoms with E-state index in [0.29, 0.717) is 11.3 Å². The van der Waals surface area contributed by atoms with E-state index in [1.165, 1.54) is 0 Å². The van der Waals surface area contributed by atoms with Crippen molar-refractivity contribution in [1.29, 1.82) is 0 Å². The van der Waals surface area contributed by atoms with E-state index in [0.717, 1.165) is 10.0 Å². The van der Waals surface area contributed by atoms with Crippen LogP contribution in [0, 0.1) is 0 Å². The first-order valence-corrected chi connectivity index (χ1v) is 10.2. The number of carbonyl (C=O) groups is 3. The van der Waals surface area contributed by atoms with Crippen LogP contribution >= 0.6 is 15.9 Å². The molecule has 0 aliphatic carbocycles. The third kappa shape index (κ3) is 8.39. The van der Waals surface area contributed by atoms with Crippen LogP contribution in [0.15, 0.2) is 53.0 Å². The van der Waals surface area contributed by atoms with Crippen molar-refractivity contribution in [2.75, 3.05) is 0 Å². The number of carboxylic acid groups (broad SMARTS) is 1. The fraction of sp³-hybridized carbons (Fsp3) is 0.318. The van der Waals surface area contributed by atoms with Gasteiger partial charge in [0, 0.05) is 10.9 Å². The molecule has 0 aliphatic rings. The zero-order valence-electron chi connectivity index (χ0n) is 17.4. The Morgan fingerprint density at radius 3 is 2.29 bits per heavy atom. The van der Waals surface area contributed by atoms with Crippen LogP contribution in [0.25, 0.3) is 0 Å². The minimum Gasteiger partial charge on any atom is -0.480 e. The first kappa shape index (κ1) is 24.4. The molecule has 0 heterocycles. The maximum absolute atomic E-state index is 12.0. The fourth-order valence-electron chi connectivity index (χ4n) is 2.43. The summed E-state index contributed by atoms with van der Waals surface area (Å²) in [6, 6.07) is 12.8. The smallest absolute Gasteiger partial charge is 0.397 e. The Hall–Kier alpha value is -2.91. The van der Waals surface area contributed by atoms with Gasteiger partial charge in [0.1, 0.15) is 18.2 Å². The minimum absolute atomic E-state index is 0.0258. The summed E-state index contributed by atoms with van der Waals surface area (Å²) in [4.78, 5) is 45.7. The van der Waals surface area contributed by atoms with Gasteiger partial charge < -0.3 is 20.0 Å². The molecule has 0 unspecified atom stereocenters. The van der Waals surface area contributed by atoms with Gasteiger partial charge in [0.25, 0.3) is 0 Å². The van der Waals surface area contributed by atoms with Crippen LogP contribution in [0.3, 0.4) is 0 Å². The summed E-state index contributed by atoms with van der Waals surface area (Å²) in [5.41, 5.74) is 0.681. The molecule has 2 aromatic carbocycles. The summed E-state index contributed by atoms with van der Waals surface area (Å²) >= 11 is 3.42. The van der Waals surface area contributed by atoms with Gasteiger partial charge in [0.15, 0.2) is 5.75 Å². The molecule has 0 radical (unpaired) electrons. The number of aliphatic carboxylic acids is 1. The van der Waals surface area contributed by atoms with Gasteiger partial charge in [-0.2, -0.15) is 4.89 Å². The highest BCUT2D eigenvalue weighted by Crippen LogP contribution is 2.18. The van der Waals surface area contributed by atoms with E-state index in [2.05, 4.69) is 21.2 Å². The maximum Gasteiger partial charge on any atom is 0.397 e. The third-order valence-corrected chi connectivity index (χ3v) is 4.65. The van der Waals surface area contributed by atoms with Crippen molar-refractivity contribution in [2.45, 2.75) is 45.4 Å². The number of halogens is 1. The monoisotopic (exact) mass is 493 g/mol. The molecule has 2 rings (SSSR count). The second-order valence-corrected chi connectivity index (χ2v) is 8.51. The summed E-state index contributed by atoms with van der Waals surface area (Å²) in [6.07, 6.45) is -0.0258. The lowest BCUT2D eigenvalue weighted by molar-refractivity contribution is -0.217. The molecule has 2 N–H and O–H groups in total. The highest BCUT2D eigenvalue weighted by molar-refractivity contribution is 9.10. The van der Waals surface area contributed by atoms with Crippen molar-refractivity contribution < 1.29 is 34.0 Å². The highest BCUT2D eigenvalue weighted by atomic mass is 79.9. The molecule has 1 atom stereocenters. The summed E-state index contributed by atoms with van der Waals surface area (Å²) in [7, 11) is 0. The van der Waals surface area contributed by atoms with E-state index in [-0.39, 0.29) is 13.0 Å². The Labute approximate surface area is 188 Å². The predicted molar refractivity (Wildman–Crippen MR) is 115 cm³/mol. The van der Waals surface area contributed by atoms with Crippen molar-refractivity contribution in [2.24, 2.45) is 0 Å². The Morgan fingerprint density at radius 2 is 1.71 bits per heavy atom. The summed E-state index contributed by atoms with van der Waals surface area (Å²) < 4.78 is 5.85. The Kier molecular flexibility index (Phi) is 8.58. The molecule has 0 aliphatic heterocycles. The molecule has 31 heavy (non-hydrogen) atoms. The van der Waals surface area contributed by atoms with E-state index in [1.54, 1.807) is 45.0 Å². The van der Waals surface area contributed by atoms with Crippen molar-refractivity contribution >= 4 is 33.8 Å². The lowest BCUT2D eigenvalue weighted by atomic mass is 10.1. The number of nitrogens with one attached hydrogen (secondary N) is 1. The van der Waals surface area contributed by atoms with E-state index >= 15 is 0 Å². The molecular weight excluding hydrogens is 470 g/mol. The Morgan fingerprint density at radius 1 is 1.06 bits per heavy atom. The number of amides is 1. The van der Waals surface area contributed by atoms with Crippen molar-refractivity contribution in [3.05, 3.63) is 64.1 Å². The van der Waals surface area contributed by atoms with Crippen LogP contribution in [0.4, 0.5) is 0 Å². The molecule has 2 aromatic rings. The zero-order chi connectivity index (χ0) is 23.0. The van der Waals surface area contributed by atoms with Crippen LogP contribution in [-0.2, 0) is 37.0 Å². The molecule has 0 fully saturated rings. The third-order valence-electron chi connectivity index (χ3n) is 3.88. The number of rotatable bonds is 8. The summed E-state index contributed by atoms with van der Waals surface area (Å²) in [5, 5.41) is 11.6. The second-order valence-electron chi connectivity index (χ2n) is 7.65. The number of ether oxygens (including phenoxy) is 1. The fourth-order valence-corrected chi connectivity index (χ4v) is 2.83. The van der Waals surface area contributed by atoms with E-state index in [1.807, 2.05) is 24.3 Å². The van der Waals surface area contributed by atoms with Crippen molar-refractivity contribution in [3.8, 4) is 5.75 Å². The number of benzene rings is 2. The molecule has 0 aromatic heterocycles. The average Bonchev–Trinajstić information content (AvgIpc) is 2.68.